The Balaban J connectivity index is 2.38. The highest BCUT2D eigenvalue weighted by molar-refractivity contribution is 6.08. The minimum Gasteiger partial charge on any atom is -0.493 e. The van der Waals surface area contributed by atoms with Gasteiger partial charge in [-0.05, 0) is 18.4 Å². The standard InChI is InChI=1S/C17H15NO3/c1-3-21-15-10-14(17(19)20-2)18-16-12-7-5-4-6-11(12)8-9-13(15)16/h4-10H,3H2,1-2H3. The number of nitrogens with zero attached hydrogens (tertiary/aromatic N) is 1. The lowest BCUT2D eigenvalue weighted by Gasteiger charge is -2.11. The maximum atomic E-state index is 11.8. The van der Waals surface area contributed by atoms with E-state index in [-0.39, 0.29) is 5.69 Å². The Labute approximate surface area is 122 Å². The minimum atomic E-state index is -0.467. The average molecular weight is 281 g/mol. The van der Waals surface area contributed by atoms with E-state index in [1.165, 1.54) is 7.11 Å². The molecular weight excluding hydrogens is 266 g/mol. The van der Waals surface area contributed by atoms with Gasteiger partial charge in [-0.25, -0.2) is 9.78 Å². The fraction of sp³-hybridized carbons (Fsp3) is 0.176. The van der Waals surface area contributed by atoms with Crippen LogP contribution >= 0.6 is 0 Å². The molecule has 0 aliphatic heterocycles. The number of hydrogen-bond acceptors (Lipinski definition) is 4. The van der Waals surface area contributed by atoms with Crippen molar-refractivity contribution in [2.75, 3.05) is 13.7 Å². The summed E-state index contributed by atoms with van der Waals surface area (Å²) in [6.07, 6.45) is 0. The van der Waals surface area contributed by atoms with Crippen LogP contribution in [0.2, 0.25) is 0 Å². The number of fused-ring (bicyclic) bond motifs is 3. The van der Waals surface area contributed by atoms with E-state index >= 15 is 0 Å². The van der Waals surface area contributed by atoms with Crippen molar-refractivity contribution in [2.24, 2.45) is 0 Å². The lowest BCUT2D eigenvalue weighted by molar-refractivity contribution is 0.0594. The Kier molecular flexibility index (Phi) is 3.44. The Hall–Kier alpha value is -2.62. The van der Waals surface area contributed by atoms with Crippen molar-refractivity contribution >= 4 is 27.6 Å². The summed E-state index contributed by atoms with van der Waals surface area (Å²) in [4.78, 5) is 16.3. The third-order valence-electron chi connectivity index (χ3n) is 3.36. The Morgan fingerprint density at radius 2 is 1.95 bits per heavy atom. The zero-order valence-electron chi connectivity index (χ0n) is 11.9. The molecule has 0 aliphatic rings. The summed E-state index contributed by atoms with van der Waals surface area (Å²) >= 11 is 0. The van der Waals surface area contributed by atoms with Gasteiger partial charge < -0.3 is 9.47 Å². The van der Waals surface area contributed by atoms with Crippen LogP contribution in [0.5, 0.6) is 5.75 Å². The molecule has 0 atom stereocenters. The fourth-order valence-electron chi connectivity index (χ4n) is 2.41. The zero-order valence-corrected chi connectivity index (χ0v) is 11.9. The summed E-state index contributed by atoms with van der Waals surface area (Å²) in [7, 11) is 1.34. The quantitative estimate of drug-likeness (QED) is 0.544. The topological polar surface area (TPSA) is 48.4 Å². The van der Waals surface area contributed by atoms with Gasteiger partial charge in [-0.1, -0.05) is 30.3 Å². The van der Waals surface area contributed by atoms with Gasteiger partial charge in [0.15, 0.2) is 5.69 Å². The Morgan fingerprint density at radius 3 is 2.71 bits per heavy atom. The first-order valence-corrected chi connectivity index (χ1v) is 6.78. The van der Waals surface area contributed by atoms with E-state index in [0.717, 1.165) is 21.7 Å². The maximum Gasteiger partial charge on any atom is 0.356 e. The molecule has 2 aromatic carbocycles. The number of hydrogen-bond donors (Lipinski definition) is 0. The predicted octanol–water partition coefficient (Wildman–Crippen LogP) is 3.57. The number of carbonyl (C=O) groups excluding carboxylic acids is 1. The molecule has 0 fully saturated rings. The van der Waals surface area contributed by atoms with E-state index in [1.807, 2.05) is 43.3 Å². The number of esters is 1. The first kappa shape index (κ1) is 13.4. The van der Waals surface area contributed by atoms with Crippen LogP contribution in [-0.2, 0) is 4.74 Å². The van der Waals surface area contributed by atoms with Gasteiger partial charge in [0, 0.05) is 16.8 Å². The van der Waals surface area contributed by atoms with Gasteiger partial charge in [-0.3, -0.25) is 0 Å². The fourth-order valence-corrected chi connectivity index (χ4v) is 2.41. The second-order valence-corrected chi connectivity index (χ2v) is 4.61. The van der Waals surface area contributed by atoms with Crippen LogP contribution in [0.3, 0.4) is 0 Å². The molecule has 0 amide bonds. The molecule has 0 N–H and O–H groups in total. The predicted molar refractivity (Wildman–Crippen MR) is 81.8 cm³/mol. The summed E-state index contributed by atoms with van der Waals surface area (Å²) in [6.45, 7) is 2.43. The smallest absolute Gasteiger partial charge is 0.356 e. The summed E-state index contributed by atoms with van der Waals surface area (Å²) in [5.74, 6) is 0.180. The normalized spacial score (nSPS) is 10.8. The van der Waals surface area contributed by atoms with Crippen LogP contribution < -0.4 is 4.74 Å². The first-order chi connectivity index (χ1) is 10.2. The van der Waals surface area contributed by atoms with E-state index in [1.54, 1.807) is 6.07 Å². The van der Waals surface area contributed by atoms with Crippen LogP contribution in [0, 0.1) is 0 Å². The highest BCUT2D eigenvalue weighted by atomic mass is 16.5. The number of pyridine rings is 1. The van der Waals surface area contributed by atoms with E-state index in [9.17, 15) is 4.79 Å². The van der Waals surface area contributed by atoms with Gasteiger partial charge in [0.05, 0.1) is 19.2 Å². The summed E-state index contributed by atoms with van der Waals surface area (Å²) in [5, 5.41) is 2.95. The molecule has 1 heterocycles. The monoisotopic (exact) mass is 281 g/mol. The Bertz CT molecular complexity index is 827. The van der Waals surface area contributed by atoms with Crippen LogP contribution in [-0.4, -0.2) is 24.7 Å². The highest BCUT2D eigenvalue weighted by Gasteiger charge is 2.14. The summed E-state index contributed by atoms with van der Waals surface area (Å²) in [6, 6.07) is 13.6. The molecule has 0 unspecified atom stereocenters. The van der Waals surface area contributed by atoms with Gasteiger partial charge >= 0.3 is 5.97 Å². The van der Waals surface area contributed by atoms with E-state index in [4.69, 9.17) is 9.47 Å². The van der Waals surface area contributed by atoms with E-state index < -0.39 is 5.97 Å². The van der Waals surface area contributed by atoms with Crippen molar-refractivity contribution < 1.29 is 14.3 Å². The lowest BCUT2D eigenvalue weighted by atomic mass is 10.1. The highest BCUT2D eigenvalue weighted by Crippen LogP contribution is 2.31. The molecule has 106 valence electrons. The van der Waals surface area contributed by atoms with E-state index in [2.05, 4.69) is 4.98 Å². The van der Waals surface area contributed by atoms with Crippen molar-refractivity contribution in [1.29, 1.82) is 0 Å². The Morgan fingerprint density at radius 1 is 1.14 bits per heavy atom. The van der Waals surface area contributed by atoms with Gasteiger partial charge in [-0.2, -0.15) is 0 Å². The number of rotatable bonds is 3. The van der Waals surface area contributed by atoms with Gasteiger partial charge in [-0.15, -0.1) is 0 Å². The SMILES string of the molecule is CCOc1cc(C(=O)OC)nc2c1ccc1ccccc12. The number of methoxy groups -OCH3 is 1. The zero-order chi connectivity index (χ0) is 14.8. The average Bonchev–Trinajstić information content (AvgIpc) is 2.54. The van der Waals surface area contributed by atoms with Crippen LogP contribution in [0.25, 0.3) is 21.7 Å². The van der Waals surface area contributed by atoms with Crippen molar-refractivity contribution in [3.05, 3.63) is 48.2 Å². The van der Waals surface area contributed by atoms with Gasteiger partial charge in [0.2, 0.25) is 0 Å². The molecule has 0 bridgehead atoms. The number of carbonyl (C=O) groups is 1. The van der Waals surface area contributed by atoms with Gasteiger partial charge in [0.1, 0.15) is 5.75 Å². The maximum absolute atomic E-state index is 11.8. The van der Waals surface area contributed by atoms with Crippen LogP contribution in [0.15, 0.2) is 42.5 Å². The lowest BCUT2D eigenvalue weighted by Crippen LogP contribution is -2.06. The summed E-state index contributed by atoms with van der Waals surface area (Å²) < 4.78 is 10.4. The third kappa shape index (κ3) is 2.29. The second-order valence-electron chi connectivity index (χ2n) is 4.61. The number of aromatic nitrogens is 1. The van der Waals surface area contributed by atoms with Gasteiger partial charge in [0.25, 0.3) is 0 Å². The largest absolute Gasteiger partial charge is 0.493 e. The minimum absolute atomic E-state index is 0.254. The molecule has 0 saturated heterocycles. The molecule has 4 nitrogen and oxygen atoms in total. The third-order valence-corrected chi connectivity index (χ3v) is 3.36. The second kappa shape index (κ2) is 5.40. The molecule has 21 heavy (non-hydrogen) atoms. The molecule has 1 aromatic heterocycles. The number of benzene rings is 2. The molecule has 0 saturated carbocycles. The van der Waals surface area contributed by atoms with Crippen molar-refractivity contribution in [3.63, 3.8) is 0 Å². The first-order valence-electron chi connectivity index (χ1n) is 6.78. The molecule has 3 rings (SSSR count). The van der Waals surface area contributed by atoms with Crippen molar-refractivity contribution in [2.45, 2.75) is 6.92 Å². The molecule has 0 aliphatic carbocycles. The number of ether oxygens (including phenoxy) is 2. The summed E-state index contributed by atoms with van der Waals surface area (Å²) in [5.41, 5.74) is 1.00. The van der Waals surface area contributed by atoms with Crippen molar-refractivity contribution in [1.82, 2.24) is 4.98 Å². The van der Waals surface area contributed by atoms with Crippen LogP contribution in [0.4, 0.5) is 0 Å². The molecular formula is C17H15NO3. The molecule has 0 radical (unpaired) electrons. The molecule has 4 heteroatoms. The van der Waals surface area contributed by atoms with Crippen molar-refractivity contribution in [3.8, 4) is 5.75 Å². The molecule has 0 spiro atoms. The van der Waals surface area contributed by atoms with E-state index in [0.29, 0.717) is 12.4 Å². The molecule has 3 aromatic rings. The van der Waals surface area contributed by atoms with Crippen LogP contribution in [0.1, 0.15) is 17.4 Å².